The zero-order valence-electron chi connectivity index (χ0n) is 19.9. The zero-order valence-corrected chi connectivity index (χ0v) is 21.6. The van der Waals surface area contributed by atoms with E-state index in [0.29, 0.717) is 6.42 Å². The van der Waals surface area contributed by atoms with E-state index in [2.05, 4.69) is 18.3 Å². The van der Waals surface area contributed by atoms with Gasteiger partial charge < -0.3 is 29.1 Å². The minimum atomic E-state index is -4.76. The van der Waals surface area contributed by atoms with E-state index in [-0.39, 0.29) is 32.5 Å². The first-order chi connectivity index (χ1) is 16.3. The Labute approximate surface area is 203 Å². The number of hydrogen-bond donors (Lipinski definition) is 3. The lowest BCUT2D eigenvalue weighted by molar-refractivity contribution is -0.161. The number of phosphoric ester groups is 2. The second-order valence-corrected chi connectivity index (χ2v) is 9.81. The standard InChI is InChI=1S/C18H34O15P2/c1-4-7-18(22)28-12-16(33-17(21)5-2)13-32-35(25,26)31-11-15(20)10-30-34(23,24)29-9-6-8-27-14(3)19/h15-16,20H,4-13H2,1-3H3,(H,23,24)(H,25,26)/t15-,16-/m1/s1. The molecule has 3 N–H and O–H groups in total. The molecule has 0 aromatic rings. The van der Waals surface area contributed by atoms with Crippen LogP contribution in [0.3, 0.4) is 0 Å². The molecule has 0 spiro atoms. The molecule has 0 heterocycles. The fourth-order valence-electron chi connectivity index (χ4n) is 1.96. The van der Waals surface area contributed by atoms with Crippen LogP contribution in [0.5, 0.6) is 0 Å². The number of aliphatic hydroxyl groups excluding tert-OH is 1. The highest BCUT2D eigenvalue weighted by Crippen LogP contribution is 2.45. The maximum atomic E-state index is 12.0. The summed E-state index contributed by atoms with van der Waals surface area (Å²) in [5, 5.41) is 9.76. The Morgan fingerprint density at radius 1 is 0.800 bits per heavy atom. The first-order valence-electron chi connectivity index (χ1n) is 10.7. The third kappa shape index (κ3) is 19.5. The molecule has 0 amide bonds. The maximum absolute atomic E-state index is 12.0. The molecule has 0 aliphatic heterocycles. The molecular formula is C18H34O15P2. The lowest BCUT2D eigenvalue weighted by Crippen LogP contribution is -2.29. The minimum Gasteiger partial charge on any atom is -0.466 e. The molecule has 0 bridgehead atoms. The van der Waals surface area contributed by atoms with Crippen molar-refractivity contribution in [1.29, 1.82) is 0 Å². The van der Waals surface area contributed by atoms with Crippen LogP contribution in [0.4, 0.5) is 0 Å². The van der Waals surface area contributed by atoms with Crippen molar-refractivity contribution < 1.29 is 70.7 Å². The van der Waals surface area contributed by atoms with E-state index in [1.165, 1.54) is 13.8 Å². The predicted octanol–water partition coefficient (Wildman–Crippen LogP) is 1.23. The summed E-state index contributed by atoms with van der Waals surface area (Å²) in [7, 11) is -9.31. The third-order valence-corrected chi connectivity index (χ3v) is 5.54. The molecule has 15 nitrogen and oxygen atoms in total. The maximum Gasteiger partial charge on any atom is 0.472 e. The van der Waals surface area contributed by atoms with Gasteiger partial charge in [-0.1, -0.05) is 13.8 Å². The number of ether oxygens (including phenoxy) is 3. The Morgan fingerprint density at radius 2 is 1.37 bits per heavy atom. The van der Waals surface area contributed by atoms with E-state index < -0.39 is 72.2 Å². The average molecular weight is 552 g/mol. The van der Waals surface area contributed by atoms with Crippen LogP contribution in [0.15, 0.2) is 0 Å². The van der Waals surface area contributed by atoms with Gasteiger partial charge in [0.15, 0.2) is 6.10 Å². The fourth-order valence-corrected chi connectivity index (χ4v) is 3.55. The van der Waals surface area contributed by atoms with E-state index in [4.69, 9.17) is 14.0 Å². The Balaban J connectivity index is 4.45. The van der Waals surface area contributed by atoms with Crippen LogP contribution in [0, 0.1) is 0 Å². The molecule has 0 aliphatic carbocycles. The smallest absolute Gasteiger partial charge is 0.466 e. The van der Waals surface area contributed by atoms with Gasteiger partial charge in [0, 0.05) is 26.2 Å². The van der Waals surface area contributed by atoms with Crippen LogP contribution in [-0.4, -0.2) is 84.7 Å². The Bertz CT molecular complexity index is 743. The normalized spacial score (nSPS) is 16.4. The molecular weight excluding hydrogens is 518 g/mol. The molecule has 0 radical (unpaired) electrons. The number of esters is 3. The highest BCUT2D eigenvalue weighted by atomic mass is 31.2. The number of carbonyl (C=O) groups is 3. The van der Waals surface area contributed by atoms with Gasteiger partial charge in [0.2, 0.25) is 0 Å². The third-order valence-electron chi connectivity index (χ3n) is 3.60. The first-order valence-corrected chi connectivity index (χ1v) is 13.7. The highest BCUT2D eigenvalue weighted by Gasteiger charge is 2.28. The summed E-state index contributed by atoms with van der Waals surface area (Å²) in [5.74, 6) is -1.73. The van der Waals surface area contributed by atoms with Gasteiger partial charge in [0.1, 0.15) is 12.7 Å². The largest absolute Gasteiger partial charge is 0.472 e. The van der Waals surface area contributed by atoms with Crippen LogP contribution >= 0.6 is 15.6 Å². The van der Waals surface area contributed by atoms with Crippen molar-refractivity contribution in [3.05, 3.63) is 0 Å². The van der Waals surface area contributed by atoms with Crippen molar-refractivity contribution in [2.45, 2.75) is 58.7 Å². The number of aliphatic hydroxyl groups is 1. The van der Waals surface area contributed by atoms with Crippen molar-refractivity contribution in [2.24, 2.45) is 0 Å². The molecule has 17 heteroatoms. The van der Waals surface area contributed by atoms with Crippen LogP contribution in [0.25, 0.3) is 0 Å². The summed E-state index contributed by atoms with van der Waals surface area (Å²) >= 11 is 0. The SMILES string of the molecule is CCCC(=O)OC[C@H](COP(=O)(O)OC[C@H](O)COP(=O)(O)OCCCOC(C)=O)OC(=O)CC. The van der Waals surface area contributed by atoms with Crippen molar-refractivity contribution in [3.63, 3.8) is 0 Å². The fraction of sp³-hybridized carbons (Fsp3) is 0.833. The summed E-state index contributed by atoms with van der Waals surface area (Å²) in [4.78, 5) is 52.9. The van der Waals surface area contributed by atoms with E-state index in [0.717, 1.165) is 0 Å². The van der Waals surface area contributed by atoms with Gasteiger partial charge in [0.25, 0.3) is 0 Å². The van der Waals surface area contributed by atoms with Crippen LogP contribution < -0.4 is 0 Å². The molecule has 4 atom stereocenters. The second kappa shape index (κ2) is 17.9. The topological polar surface area (TPSA) is 211 Å². The van der Waals surface area contributed by atoms with Gasteiger partial charge in [-0.2, -0.15) is 0 Å². The molecule has 0 aliphatic rings. The van der Waals surface area contributed by atoms with Crippen molar-refractivity contribution in [3.8, 4) is 0 Å². The molecule has 0 rings (SSSR count). The van der Waals surface area contributed by atoms with Gasteiger partial charge in [-0.3, -0.25) is 32.5 Å². The number of rotatable bonds is 20. The van der Waals surface area contributed by atoms with E-state index in [1.807, 2.05) is 0 Å². The first kappa shape index (κ1) is 33.6. The molecule has 0 aromatic carbocycles. The number of phosphoric acid groups is 2. The lowest BCUT2D eigenvalue weighted by Gasteiger charge is -2.20. The lowest BCUT2D eigenvalue weighted by atomic mass is 10.3. The molecule has 206 valence electrons. The zero-order chi connectivity index (χ0) is 26.9. The van der Waals surface area contributed by atoms with Gasteiger partial charge >= 0.3 is 33.6 Å². The van der Waals surface area contributed by atoms with Crippen molar-refractivity contribution in [1.82, 2.24) is 0 Å². The summed E-state index contributed by atoms with van der Waals surface area (Å²) in [6.07, 6.45) is -2.00. The van der Waals surface area contributed by atoms with Gasteiger partial charge in [0.05, 0.1) is 33.0 Å². The molecule has 0 aromatic heterocycles. The quantitative estimate of drug-likeness (QED) is 0.0839. The van der Waals surface area contributed by atoms with Gasteiger partial charge in [-0.25, -0.2) is 9.13 Å². The van der Waals surface area contributed by atoms with Crippen molar-refractivity contribution >= 4 is 33.6 Å². The van der Waals surface area contributed by atoms with Gasteiger partial charge in [-0.15, -0.1) is 0 Å². The highest BCUT2D eigenvalue weighted by molar-refractivity contribution is 7.47. The van der Waals surface area contributed by atoms with Crippen LogP contribution in [0.2, 0.25) is 0 Å². The van der Waals surface area contributed by atoms with Crippen LogP contribution in [-0.2, 0) is 55.8 Å². The van der Waals surface area contributed by atoms with E-state index in [9.17, 15) is 38.4 Å². The number of carbonyl (C=O) groups excluding carboxylic acids is 3. The monoisotopic (exact) mass is 552 g/mol. The molecule has 0 fully saturated rings. The molecule has 0 saturated carbocycles. The number of hydrogen-bond acceptors (Lipinski definition) is 13. The van der Waals surface area contributed by atoms with Crippen molar-refractivity contribution in [2.75, 3.05) is 39.6 Å². The Morgan fingerprint density at radius 3 is 1.91 bits per heavy atom. The van der Waals surface area contributed by atoms with E-state index >= 15 is 0 Å². The minimum absolute atomic E-state index is 0.00348. The average Bonchev–Trinajstić information content (AvgIpc) is 2.77. The van der Waals surface area contributed by atoms with E-state index in [1.54, 1.807) is 6.92 Å². The summed E-state index contributed by atoms with van der Waals surface area (Å²) in [6.45, 7) is 1.50. The van der Waals surface area contributed by atoms with Crippen LogP contribution in [0.1, 0.15) is 46.5 Å². The summed E-state index contributed by atoms with van der Waals surface area (Å²) < 4.78 is 56.7. The molecule has 35 heavy (non-hydrogen) atoms. The molecule has 2 unspecified atom stereocenters. The summed E-state index contributed by atoms with van der Waals surface area (Å²) in [5.41, 5.74) is 0. The summed E-state index contributed by atoms with van der Waals surface area (Å²) in [6, 6.07) is 0. The predicted molar refractivity (Wildman–Crippen MR) is 117 cm³/mol. The van der Waals surface area contributed by atoms with Gasteiger partial charge in [-0.05, 0) is 6.42 Å². The second-order valence-electron chi connectivity index (χ2n) is 6.90. The Hall–Kier alpha value is -1.41. The Kier molecular flexibility index (Phi) is 17.2. The molecule has 0 saturated heterocycles.